The average Bonchev–Trinajstić information content (AvgIpc) is 2.38. The summed E-state index contributed by atoms with van der Waals surface area (Å²) in [5.74, 6) is 0.806. The maximum absolute atomic E-state index is 5.92. The van der Waals surface area contributed by atoms with E-state index < -0.39 is 0 Å². The van der Waals surface area contributed by atoms with Crippen molar-refractivity contribution in [2.45, 2.75) is 45.1 Å². The SMILES string of the molecule is CCc1cccc(NCC2CCC(N)CC2)c1. The van der Waals surface area contributed by atoms with Crippen LogP contribution in [-0.2, 0) is 6.42 Å². The van der Waals surface area contributed by atoms with E-state index in [1.54, 1.807) is 0 Å². The minimum atomic E-state index is 0.453. The predicted octanol–water partition coefficient (Wildman–Crippen LogP) is 3.18. The predicted molar refractivity (Wildman–Crippen MR) is 74.2 cm³/mol. The third-order valence-corrected chi connectivity index (χ3v) is 3.82. The Labute approximate surface area is 105 Å². The molecule has 0 radical (unpaired) electrons. The molecule has 0 spiro atoms. The molecule has 2 nitrogen and oxygen atoms in total. The fourth-order valence-corrected chi connectivity index (χ4v) is 2.56. The molecular formula is C15H24N2. The molecule has 1 aromatic rings. The van der Waals surface area contributed by atoms with Crippen LogP contribution in [0.25, 0.3) is 0 Å². The molecule has 0 unspecified atom stereocenters. The summed E-state index contributed by atoms with van der Waals surface area (Å²) in [7, 11) is 0. The van der Waals surface area contributed by atoms with Crippen molar-refractivity contribution in [3.05, 3.63) is 29.8 Å². The van der Waals surface area contributed by atoms with Crippen LogP contribution in [0.15, 0.2) is 24.3 Å². The van der Waals surface area contributed by atoms with Crippen molar-refractivity contribution < 1.29 is 0 Å². The first kappa shape index (κ1) is 12.4. The van der Waals surface area contributed by atoms with E-state index in [9.17, 15) is 0 Å². The first-order chi connectivity index (χ1) is 8.28. The Morgan fingerprint density at radius 2 is 2.00 bits per heavy atom. The van der Waals surface area contributed by atoms with Crippen LogP contribution < -0.4 is 11.1 Å². The van der Waals surface area contributed by atoms with E-state index in [0.29, 0.717) is 6.04 Å². The van der Waals surface area contributed by atoms with Crippen molar-refractivity contribution in [3.8, 4) is 0 Å². The van der Waals surface area contributed by atoms with Crippen LogP contribution in [-0.4, -0.2) is 12.6 Å². The zero-order valence-corrected chi connectivity index (χ0v) is 10.8. The average molecular weight is 232 g/mol. The van der Waals surface area contributed by atoms with Crippen molar-refractivity contribution in [1.82, 2.24) is 0 Å². The maximum atomic E-state index is 5.92. The van der Waals surface area contributed by atoms with E-state index in [-0.39, 0.29) is 0 Å². The third-order valence-electron chi connectivity index (χ3n) is 3.82. The quantitative estimate of drug-likeness (QED) is 0.836. The summed E-state index contributed by atoms with van der Waals surface area (Å²) < 4.78 is 0. The lowest BCUT2D eigenvalue weighted by Gasteiger charge is -2.26. The minimum absolute atomic E-state index is 0.453. The van der Waals surface area contributed by atoms with Crippen LogP contribution in [0.2, 0.25) is 0 Å². The molecule has 0 atom stereocenters. The van der Waals surface area contributed by atoms with Crippen LogP contribution in [0.4, 0.5) is 5.69 Å². The van der Waals surface area contributed by atoms with Gasteiger partial charge in [-0.3, -0.25) is 0 Å². The number of benzene rings is 1. The van der Waals surface area contributed by atoms with Gasteiger partial charge in [-0.2, -0.15) is 0 Å². The largest absolute Gasteiger partial charge is 0.385 e. The highest BCUT2D eigenvalue weighted by Crippen LogP contribution is 2.23. The number of nitrogens with two attached hydrogens (primary N) is 1. The number of rotatable bonds is 4. The van der Waals surface area contributed by atoms with E-state index in [0.717, 1.165) is 18.9 Å². The second kappa shape index (κ2) is 6.06. The summed E-state index contributed by atoms with van der Waals surface area (Å²) in [6.45, 7) is 3.29. The Balaban J connectivity index is 1.81. The molecule has 17 heavy (non-hydrogen) atoms. The molecule has 2 heteroatoms. The standard InChI is InChI=1S/C15H24N2/c1-2-12-4-3-5-15(10-12)17-11-13-6-8-14(16)9-7-13/h3-5,10,13-14,17H,2,6-9,11,16H2,1H3. The monoisotopic (exact) mass is 232 g/mol. The molecule has 0 heterocycles. The molecule has 94 valence electrons. The van der Waals surface area contributed by atoms with Crippen LogP contribution in [0.3, 0.4) is 0 Å². The van der Waals surface area contributed by atoms with Crippen LogP contribution in [0.5, 0.6) is 0 Å². The van der Waals surface area contributed by atoms with Crippen LogP contribution in [0, 0.1) is 5.92 Å². The van der Waals surface area contributed by atoms with Gasteiger partial charge in [0.05, 0.1) is 0 Å². The molecule has 1 aliphatic rings. The van der Waals surface area contributed by atoms with Gasteiger partial charge in [0.25, 0.3) is 0 Å². The normalized spacial score (nSPS) is 24.6. The third kappa shape index (κ3) is 3.74. The zero-order chi connectivity index (χ0) is 12.1. The van der Waals surface area contributed by atoms with Crippen LogP contribution in [0.1, 0.15) is 38.2 Å². The highest BCUT2D eigenvalue weighted by Gasteiger charge is 2.17. The Hall–Kier alpha value is -1.02. The van der Waals surface area contributed by atoms with Crippen molar-refractivity contribution in [2.24, 2.45) is 11.7 Å². The van der Waals surface area contributed by atoms with Gasteiger partial charge in [-0.1, -0.05) is 19.1 Å². The summed E-state index contributed by atoms with van der Waals surface area (Å²) in [4.78, 5) is 0. The van der Waals surface area contributed by atoms with Gasteiger partial charge in [0.15, 0.2) is 0 Å². The maximum Gasteiger partial charge on any atom is 0.0342 e. The highest BCUT2D eigenvalue weighted by atomic mass is 14.9. The molecule has 2 rings (SSSR count). The lowest BCUT2D eigenvalue weighted by Crippen LogP contribution is -2.29. The van der Waals surface area contributed by atoms with Gasteiger partial charge < -0.3 is 11.1 Å². The smallest absolute Gasteiger partial charge is 0.0342 e. The van der Waals surface area contributed by atoms with Crippen molar-refractivity contribution in [1.29, 1.82) is 0 Å². The summed E-state index contributed by atoms with van der Waals surface area (Å²) in [6.07, 6.45) is 6.06. The minimum Gasteiger partial charge on any atom is -0.385 e. The molecule has 0 aliphatic heterocycles. The van der Waals surface area contributed by atoms with Gasteiger partial charge >= 0.3 is 0 Å². The second-order valence-corrected chi connectivity index (χ2v) is 5.22. The Bertz CT molecular complexity index is 341. The lowest BCUT2D eigenvalue weighted by atomic mass is 9.86. The molecule has 1 fully saturated rings. The number of hydrogen-bond acceptors (Lipinski definition) is 2. The Morgan fingerprint density at radius 1 is 1.24 bits per heavy atom. The van der Waals surface area contributed by atoms with Gasteiger partial charge in [0.2, 0.25) is 0 Å². The van der Waals surface area contributed by atoms with Gasteiger partial charge in [0.1, 0.15) is 0 Å². The highest BCUT2D eigenvalue weighted by molar-refractivity contribution is 5.45. The van der Waals surface area contributed by atoms with Gasteiger partial charge in [-0.25, -0.2) is 0 Å². The number of anilines is 1. The summed E-state index contributed by atoms with van der Waals surface area (Å²) in [5, 5.41) is 3.56. The molecule has 1 saturated carbocycles. The van der Waals surface area contributed by atoms with E-state index >= 15 is 0 Å². The number of nitrogens with one attached hydrogen (secondary N) is 1. The zero-order valence-electron chi connectivity index (χ0n) is 10.8. The fraction of sp³-hybridized carbons (Fsp3) is 0.600. The van der Waals surface area contributed by atoms with Gasteiger partial charge in [0, 0.05) is 18.3 Å². The van der Waals surface area contributed by atoms with Gasteiger partial charge in [-0.05, 0) is 55.7 Å². The number of aryl methyl sites for hydroxylation is 1. The number of hydrogen-bond donors (Lipinski definition) is 2. The van der Waals surface area contributed by atoms with E-state index in [1.807, 2.05) is 0 Å². The molecule has 0 saturated heterocycles. The molecule has 0 aromatic heterocycles. The Kier molecular flexibility index (Phi) is 4.43. The van der Waals surface area contributed by atoms with E-state index in [2.05, 4.69) is 36.5 Å². The van der Waals surface area contributed by atoms with E-state index in [1.165, 1.54) is 36.9 Å². The van der Waals surface area contributed by atoms with Crippen molar-refractivity contribution in [3.63, 3.8) is 0 Å². The van der Waals surface area contributed by atoms with Crippen molar-refractivity contribution >= 4 is 5.69 Å². The second-order valence-electron chi connectivity index (χ2n) is 5.22. The van der Waals surface area contributed by atoms with Gasteiger partial charge in [-0.15, -0.1) is 0 Å². The lowest BCUT2D eigenvalue weighted by molar-refractivity contribution is 0.339. The van der Waals surface area contributed by atoms with E-state index in [4.69, 9.17) is 5.73 Å². The first-order valence-electron chi connectivity index (χ1n) is 6.86. The fourth-order valence-electron chi connectivity index (χ4n) is 2.56. The topological polar surface area (TPSA) is 38.0 Å². The molecule has 1 aromatic carbocycles. The molecule has 0 bridgehead atoms. The molecule has 1 aliphatic carbocycles. The summed E-state index contributed by atoms with van der Waals surface area (Å²) >= 11 is 0. The molecule has 0 amide bonds. The molecular weight excluding hydrogens is 208 g/mol. The molecule has 3 N–H and O–H groups in total. The summed E-state index contributed by atoms with van der Waals surface area (Å²) in [5.41, 5.74) is 8.59. The first-order valence-corrected chi connectivity index (χ1v) is 6.86. The Morgan fingerprint density at radius 3 is 2.71 bits per heavy atom. The van der Waals surface area contributed by atoms with Crippen LogP contribution >= 0.6 is 0 Å². The summed E-state index contributed by atoms with van der Waals surface area (Å²) in [6, 6.07) is 9.19. The van der Waals surface area contributed by atoms with Crippen molar-refractivity contribution in [2.75, 3.05) is 11.9 Å².